The highest BCUT2D eigenvalue weighted by Crippen LogP contribution is 2.18. The summed E-state index contributed by atoms with van der Waals surface area (Å²) in [5.41, 5.74) is 2.70. The summed E-state index contributed by atoms with van der Waals surface area (Å²) in [6, 6.07) is 15.0. The summed E-state index contributed by atoms with van der Waals surface area (Å²) in [6.45, 7) is 4.42. The van der Waals surface area contributed by atoms with Crippen molar-refractivity contribution in [2.45, 2.75) is 6.67 Å². The maximum atomic E-state index is 13.9. The van der Waals surface area contributed by atoms with Gasteiger partial charge in [0.1, 0.15) is 11.3 Å². The zero-order valence-corrected chi connectivity index (χ0v) is 12.8. The van der Waals surface area contributed by atoms with Crippen LogP contribution in [0.1, 0.15) is 0 Å². The van der Waals surface area contributed by atoms with Gasteiger partial charge < -0.3 is 9.80 Å². The number of hydrogen-bond acceptors (Lipinski definition) is 3. The van der Waals surface area contributed by atoms with Crippen molar-refractivity contribution in [3.05, 3.63) is 54.3 Å². The van der Waals surface area contributed by atoms with Crippen LogP contribution in [0.2, 0.25) is 0 Å². The van der Waals surface area contributed by atoms with Crippen molar-refractivity contribution in [3.8, 4) is 0 Å². The molecule has 1 N–H and O–H groups in total. The monoisotopic (exact) mass is 312 g/mol. The number of benzene rings is 2. The zero-order valence-electron chi connectivity index (χ0n) is 12.8. The Balaban J connectivity index is 1.43. The minimum Gasteiger partial charge on any atom is -0.358 e. The average molecular weight is 312 g/mol. The highest BCUT2D eigenvalue weighted by molar-refractivity contribution is 5.73. The van der Waals surface area contributed by atoms with Gasteiger partial charge in [-0.2, -0.15) is 4.68 Å². The van der Waals surface area contributed by atoms with Crippen LogP contribution in [0.4, 0.5) is 10.1 Å². The molecule has 1 saturated heterocycles. The van der Waals surface area contributed by atoms with E-state index in [9.17, 15) is 4.39 Å². The highest BCUT2D eigenvalue weighted by atomic mass is 19.1. The molecule has 0 saturated carbocycles. The summed E-state index contributed by atoms with van der Waals surface area (Å²) in [6.07, 6.45) is 0. The van der Waals surface area contributed by atoms with E-state index in [0.29, 0.717) is 5.69 Å². The molecule has 4 rings (SSSR count). The second kappa shape index (κ2) is 5.96. The third-order valence-corrected chi connectivity index (χ3v) is 4.46. The maximum Gasteiger partial charge on any atom is 0.175 e. The van der Waals surface area contributed by atoms with Crippen LogP contribution in [0.25, 0.3) is 11.0 Å². The summed E-state index contributed by atoms with van der Waals surface area (Å²) in [5.74, 6) is -0.141. The van der Waals surface area contributed by atoms with Gasteiger partial charge in [0.25, 0.3) is 0 Å². The Morgan fingerprint density at radius 1 is 1.00 bits per heavy atom. The molecule has 6 heteroatoms. The van der Waals surface area contributed by atoms with Gasteiger partial charge >= 0.3 is 0 Å². The fourth-order valence-corrected chi connectivity index (χ4v) is 3.18. The predicted octanol–water partition coefficient (Wildman–Crippen LogP) is 0.933. The van der Waals surface area contributed by atoms with Crippen LogP contribution in [-0.4, -0.2) is 41.2 Å². The molecule has 1 aromatic heterocycles. The molecule has 0 radical (unpaired) electrons. The molecule has 0 atom stereocenters. The SMILES string of the molecule is Fc1ccccc1N1CC[NH+](Cn2nnc3ccccc32)CC1. The Morgan fingerprint density at radius 2 is 1.74 bits per heavy atom. The molecule has 1 aliphatic rings. The molecule has 5 nitrogen and oxygen atoms in total. The first-order valence-electron chi connectivity index (χ1n) is 7.92. The third kappa shape index (κ3) is 2.77. The molecule has 1 fully saturated rings. The van der Waals surface area contributed by atoms with Gasteiger partial charge in [0.15, 0.2) is 6.67 Å². The van der Waals surface area contributed by atoms with Crippen molar-refractivity contribution in [2.75, 3.05) is 31.1 Å². The van der Waals surface area contributed by atoms with Crippen LogP contribution in [0.3, 0.4) is 0 Å². The number of rotatable bonds is 3. The normalized spacial score (nSPS) is 16.1. The van der Waals surface area contributed by atoms with Crippen LogP contribution < -0.4 is 9.80 Å². The lowest BCUT2D eigenvalue weighted by Crippen LogP contribution is -3.14. The third-order valence-electron chi connectivity index (χ3n) is 4.46. The fourth-order valence-electron chi connectivity index (χ4n) is 3.18. The van der Waals surface area contributed by atoms with E-state index in [1.807, 2.05) is 41.1 Å². The minimum atomic E-state index is -0.141. The Kier molecular flexibility index (Phi) is 3.67. The van der Waals surface area contributed by atoms with E-state index in [4.69, 9.17) is 0 Å². The Morgan fingerprint density at radius 3 is 2.57 bits per heavy atom. The van der Waals surface area contributed by atoms with Gasteiger partial charge in [0, 0.05) is 0 Å². The van der Waals surface area contributed by atoms with Crippen molar-refractivity contribution < 1.29 is 9.29 Å². The van der Waals surface area contributed by atoms with Gasteiger partial charge in [-0.25, -0.2) is 4.39 Å². The van der Waals surface area contributed by atoms with Crippen LogP contribution in [-0.2, 0) is 6.67 Å². The van der Waals surface area contributed by atoms with Crippen LogP contribution in [0, 0.1) is 5.82 Å². The number of nitrogens with zero attached hydrogens (tertiary/aromatic N) is 4. The van der Waals surface area contributed by atoms with E-state index < -0.39 is 0 Å². The molecule has 2 aromatic carbocycles. The number of anilines is 1. The molecular formula is C17H19FN5+. The number of hydrogen-bond donors (Lipinski definition) is 1. The summed E-state index contributed by atoms with van der Waals surface area (Å²) >= 11 is 0. The molecule has 0 spiro atoms. The summed E-state index contributed by atoms with van der Waals surface area (Å²) in [7, 11) is 0. The Labute approximate surface area is 133 Å². The molecule has 3 aromatic rings. The molecule has 0 amide bonds. The smallest absolute Gasteiger partial charge is 0.175 e. The average Bonchev–Trinajstić information content (AvgIpc) is 2.99. The minimum absolute atomic E-state index is 0.141. The van der Waals surface area contributed by atoms with Crippen molar-refractivity contribution in [1.29, 1.82) is 0 Å². The van der Waals surface area contributed by atoms with Crippen LogP contribution >= 0.6 is 0 Å². The first-order valence-corrected chi connectivity index (χ1v) is 7.92. The lowest BCUT2D eigenvalue weighted by molar-refractivity contribution is -0.923. The van der Waals surface area contributed by atoms with E-state index in [0.717, 1.165) is 43.9 Å². The van der Waals surface area contributed by atoms with Gasteiger partial charge in [0.05, 0.1) is 37.4 Å². The maximum absolute atomic E-state index is 13.9. The first kappa shape index (κ1) is 14.1. The molecule has 0 bridgehead atoms. The van der Waals surface area contributed by atoms with Gasteiger partial charge in [-0.05, 0) is 24.3 Å². The van der Waals surface area contributed by atoms with Gasteiger partial charge in [-0.15, -0.1) is 5.10 Å². The number of halogens is 1. The predicted molar refractivity (Wildman–Crippen MR) is 86.8 cm³/mol. The molecule has 1 aliphatic heterocycles. The lowest BCUT2D eigenvalue weighted by Gasteiger charge is -2.33. The number of fused-ring (bicyclic) bond motifs is 1. The molecule has 23 heavy (non-hydrogen) atoms. The van der Waals surface area contributed by atoms with Crippen LogP contribution in [0.5, 0.6) is 0 Å². The number of aromatic nitrogens is 3. The van der Waals surface area contributed by atoms with Crippen molar-refractivity contribution in [3.63, 3.8) is 0 Å². The standard InChI is InChI=1S/C17H18FN5/c18-14-5-1-3-7-16(14)22-11-9-21(10-12-22)13-23-17-8-4-2-6-15(17)19-20-23/h1-8H,9-13H2/p+1. The van der Waals surface area contributed by atoms with E-state index >= 15 is 0 Å². The van der Waals surface area contributed by atoms with E-state index in [2.05, 4.69) is 15.2 Å². The van der Waals surface area contributed by atoms with Crippen molar-refractivity contribution in [1.82, 2.24) is 15.0 Å². The number of nitrogens with one attached hydrogen (secondary N) is 1. The van der Waals surface area contributed by atoms with E-state index in [1.54, 1.807) is 6.07 Å². The lowest BCUT2D eigenvalue weighted by atomic mass is 10.2. The van der Waals surface area contributed by atoms with E-state index in [1.165, 1.54) is 11.0 Å². The van der Waals surface area contributed by atoms with E-state index in [-0.39, 0.29) is 5.82 Å². The highest BCUT2D eigenvalue weighted by Gasteiger charge is 2.22. The molecule has 118 valence electrons. The van der Waals surface area contributed by atoms with Gasteiger partial charge in [0.2, 0.25) is 0 Å². The van der Waals surface area contributed by atoms with Gasteiger partial charge in [-0.3, -0.25) is 0 Å². The summed E-state index contributed by atoms with van der Waals surface area (Å²) < 4.78 is 15.8. The number of quaternary nitrogens is 1. The largest absolute Gasteiger partial charge is 0.358 e. The zero-order chi connectivity index (χ0) is 15.6. The molecule has 0 aliphatic carbocycles. The quantitative estimate of drug-likeness (QED) is 0.782. The topological polar surface area (TPSA) is 38.4 Å². The van der Waals surface area contributed by atoms with Gasteiger partial charge in [-0.1, -0.05) is 29.5 Å². The van der Waals surface area contributed by atoms with Crippen LogP contribution in [0.15, 0.2) is 48.5 Å². The molecular weight excluding hydrogens is 293 g/mol. The van der Waals surface area contributed by atoms with Crippen molar-refractivity contribution >= 4 is 16.7 Å². The summed E-state index contributed by atoms with van der Waals surface area (Å²) in [5, 5.41) is 8.45. The summed E-state index contributed by atoms with van der Waals surface area (Å²) in [4.78, 5) is 3.56. The second-order valence-electron chi connectivity index (χ2n) is 5.92. The number of piperazine rings is 1. The fraction of sp³-hybridized carbons (Fsp3) is 0.294. The molecule has 0 unspecified atom stereocenters. The first-order chi connectivity index (χ1) is 11.3. The van der Waals surface area contributed by atoms with Crippen molar-refractivity contribution in [2.24, 2.45) is 0 Å². The molecule has 2 heterocycles. The second-order valence-corrected chi connectivity index (χ2v) is 5.92. The number of para-hydroxylation sites is 2. The Hall–Kier alpha value is -2.47. The Bertz CT molecular complexity index is 807.